The van der Waals surface area contributed by atoms with Crippen LogP contribution in [0.2, 0.25) is 0 Å². The van der Waals surface area contributed by atoms with Gasteiger partial charge >= 0.3 is 0 Å². The van der Waals surface area contributed by atoms with Crippen molar-refractivity contribution in [3.63, 3.8) is 0 Å². The summed E-state index contributed by atoms with van der Waals surface area (Å²) >= 11 is 0. The van der Waals surface area contributed by atoms with Crippen LogP contribution < -0.4 is 10.1 Å². The van der Waals surface area contributed by atoms with Crippen LogP contribution in [0.1, 0.15) is 10.4 Å². The van der Waals surface area contributed by atoms with Crippen LogP contribution >= 0.6 is 0 Å². The van der Waals surface area contributed by atoms with Gasteiger partial charge in [0.1, 0.15) is 11.5 Å². The molecular weight excluding hydrogens is 342 g/mol. The Morgan fingerprint density at radius 2 is 1.67 bits per heavy atom. The van der Waals surface area contributed by atoms with E-state index in [9.17, 15) is 4.79 Å². The molecule has 0 radical (unpaired) electrons. The number of carbonyl (C=O) groups excluding carboxylic acids is 1. The van der Waals surface area contributed by atoms with Crippen LogP contribution in [-0.4, -0.2) is 25.7 Å². The van der Waals surface area contributed by atoms with Crippen LogP contribution in [0, 0.1) is 0 Å². The molecule has 7 nitrogen and oxygen atoms in total. The summed E-state index contributed by atoms with van der Waals surface area (Å²) in [4.78, 5) is 21.1. The Hall–Kier alpha value is -4.00. The summed E-state index contributed by atoms with van der Waals surface area (Å²) in [6.45, 7) is 0. The number of rotatable bonds is 5. The Bertz CT molecular complexity index is 1030. The van der Waals surface area contributed by atoms with E-state index in [1.807, 2.05) is 36.4 Å². The first kappa shape index (κ1) is 16.5. The molecule has 4 rings (SSSR count). The highest BCUT2D eigenvalue weighted by Crippen LogP contribution is 2.25. The lowest BCUT2D eigenvalue weighted by molar-refractivity contribution is 0.102. The lowest BCUT2D eigenvalue weighted by atomic mass is 10.2. The van der Waals surface area contributed by atoms with Crippen molar-refractivity contribution in [2.75, 3.05) is 5.32 Å². The molecule has 132 valence electrons. The molecule has 0 saturated carbocycles. The van der Waals surface area contributed by atoms with Gasteiger partial charge in [-0.05, 0) is 30.3 Å². The molecule has 27 heavy (non-hydrogen) atoms. The van der Waals surface area contributed by atoms with E-state index in [2.05, 4.69) is 20.4 Å². The van der Waals surface area contributed by atoms with Crippen LogP contribution in [0.4, 0.5) is 5.69 Å². The van der Waals surface area contributed by atoms with Gasteiger partial charge in [-0.3, -0.25) is 4.79 Å². The Balaban J connectivity index is 1.52. The van der Waals surface area contributed by atoms with Gasteiger partial charge < -0.3 is 10.1 Å². The van der Waals surface area contributed by atoms with Crippen LogP contribution in [-0.2, 0) is 0 Å². The number of anilines is 1. The molecule has 0 unspecified atom stereocenters. The van der Waals surface area contributed by atoms with Crippen LogP contribution in [0.25, 0.3) is 5.95 Å². The Labute approximate surface area is 155 Å². The van der Waals surface area contributed by atoms with Gasteiger partial charge in [-0.25, -0.2) is 14.6 Å². The molecule has 0 aliphatic carbocycles. The van der Waals surface area contributed by atoms with Gasteiger partial charge in [-0.2, -0.15) is 5.10 Å². The number of hydrogen-bond donors (Lipinski definition) is 1. The Morgan fingerprint density at radius 1 is 0.926 bits per heavy atom. The lowest BCUT2D eigenvalue weighted by Crippen LogP contribution is -2.14. The van der Waals surface area contributed by atoms with Crippen molar-refractivity contribution in [1.82, 2.24) is 19.7 Å². The third kappa shape index (κ3) is 3.82. The molecule has 4 aromatic rings. The van der Waals surface area contributed by atoms with Crippen molar-refractivity contribution in [2.45, 2.75) is 0 Å². The summed E-state index contributed by atoms with van der Waals surface area (Å²) in [6, 6.07) is 18.1. The zero-order chi connectivity index (χ0) is 18.5. The van der Waals surface area contributed by atoms with E-state index in [0.29, 0.717) is 28.7 Å². The maximum absolute atomic E-state index is 12.7. The highest BCUT2D eigenvalue weighted by atomic mass is 16.5. The maximum atomic E-state index is 12.7. The van der Waals surface area contributed by atoms with E-state index in [4.69, 9.17) is 4.74 Å². The number of nitrogens with zero attached hydrogens (tertiary/aromatic N) is 4. The summed E-state index contributed by atoms with van der Waals surface area (Å²) < 4.78 is 7.37. The third-order valence-corrected chi connectivity index (χ3v) is 3.71. The molecule has 0 aliphatic heterocycles. The molecule has 2 aromatic carbocycles. The number of amides is 1. The van der Waals surface area contributed by atoms with Gasteiger partial charge in [0.2, 0.25) is 0 Å². The second-order valence-electron chi connectivity index (χ2n) is 5.59. The lowest BCUT2D eigenvalue weighted by Gasteiger charge is -2.11. The summed E-state index contributed by atoms with van der Waals surface area (Å²) in [5.74, 6) is 1.24. The van der Waals surface area contributed by atoms with Gasteiger partial charge in [0.05, 0.1) is 23.6 Å². The van der Waals surface area contributed by atoms with Gasteiger partial charge in [0, 0.05) is 12.4 Å². The molecule has 7 heteroatoms. The second-order valence-corrected chi connectivity index (χ2v) is 5.59. The zero-order valence-electron chi connectivity index (χ0n) is 14.2. The van der Waals surface area contributed by atoms with Crippen LogP contribution in [0.3, 0.4) is 0 Å². The molecule has 1 N–H and O–H groups in total. The molecule has 2 heterocycles. The van der Waals surface area contributed by atoms with E-state index >= 15 is 0 Å². The first-order valence-electron chi connectivity index (χ1n) is 8.25. The number of carbonyl (C=O) groups is 1. The SMILES string of the molecule is O=C(Nc1cnc(-n2cccn2)nc1)c1ccccc1Oc1ccccc1. The van der Waals surface area contributed by atoms with Gasteiger partial charge in [-0.1, -0.05) is 30.3 Å². The molecule has 0 saturated heterocycles. The fourth-order valence-electron chi connectivity index (χ4n) is 2.45. The number of benzene rings is 2. The Kier molecular flexibility index (Phi) is 4.57. The van der Waals surface area contributed by atoms with E-state index in [1.54, 1.807) is 36.7 Å². The normalized spacial score (nSPS) is 10.4. The second kappa shape index (κ2) is 7.49. The molecule has 0 bridgehead atoms. The average molecular weight is 357 g/mol. The average Bonchev–Trinajstić information content (AvgIpc) is 3.25. The van der Waals surface area contributed by atoms with Crippen molar-refractivity contribution >= 4 is 11.6 Å². The van der Waals surface area contributed by atoms with Crippen molar-refractivity contribution in [3.05, 3.63) is 91.0 Å². The maximum Gasteiger partial charge on any atom is 0.259 e. The minimum Gasteiger partial charge on any atom is -0.457 e. The predicted molar refractivity (Wildman–Crippen MR) is 100 cm³/mol. The van der Waals surface area contributed by atoms with Crippen molar-refractivity contribution in [3.8, 4) is 17.4 Å². The Morgan fingerprint density at radius 3 is 2.41 bits per heavy atom. The highest BCUT2D eigenvalue weighted by molar-refractivity contribution is 6.06. The van der Waals surface area contributed by atoms with Crippen molar-refractivity contribution in [1.29, 1.82) is 0 Å². The van der Waals surface area contributed by atoms with Gasteiger partial charge in [-0.15, -0.1) is 0 Å². The molecule has 0 aliphatic rings. The first-order valence-corrected chi connectivity index (χ1v) is 8.25. The van der Waals surface area contributed by atoms with Gasteiger partial charge in [0.15, 0.2) is 0 Å². The molecule has 0 atom stereocenters. The fraction of sp³-hybridized carbons (Fsp3) is 0. The van der Waals surface area contributed by atoms with Crippen LogP contribution in [0.15, 0.2) is 85.5 Å². The van der Waals surface area contributed by atoms with Gasteiger partial charge in [0.25, 0.3) is 11.9 Å². The number of nitrogens with one attached hydrogen (secondary N) is 1. The fourth-order valence-corrected chi connectivity index (χ4v) is 2.45. The summed E-state index contributed by atoms with van der Waals surface area (Å²) in [7, 11) is 0. The standard InChI is InChI=1S/C20H15N5O2/c26-19(24-15-13-21-20(22-14-15)25-12-6-11-23-25)17-9-4-5-10-18(17)27-16-7-2-1-3-8-16/h1-14H,(H,24,26). The molecule has 2 aromatic heterocycles. The molecule has 0 spiro atoms. The van der Waals surface area contributed by atoms with E-state index in [0.717, 1.165) is 0 Å². The molecule has 1 amide bonds. The minimum absolute atomic E-state index is 0.308. The van der Waals surface area contributed by atoms with E-state index < -0.39 is 0 Å². The summed E-state index contributed by atoms with van der Waals surface area (Å²) in [6.07, 6.45) is 6.44. The number of para-hydroxylation sites is 2. The summed E-state index contributed by atoms with van der Waals surface area (Å²) in [5, 5.41) is 6.85. The number of hydrogen-bond acceptors (Lipinski definition) is 5. The highest BCUT2D eigenvalue weighted by Gasteiger charge is 2.13. The van der Waals surface area contributed by atoms with E-state index in [1.165, 1.54) is 17.1 Å². The summed E-state index contributed by atoms with van der Waals surface area (Å²) in [5.41, 5.74) is 0.892. The zero-order valence-corrected chi connectivity index (χ0v) is 14.2. The number of aromatic nitrogens is 4. The smallest absolute Gasteiger partial charge is 0.259 e. The first-order chi connectivity index (χ1) is 13.3. The largest absolute Gasteiger partial charge is 0.457 e. The van der Waals surface area contributed by atoms with Crippen molar-refractivity contribution in [2.24, 2.45) is 0 Å². The molecular formula is C20H15N5O2. The molecule has 0 fully saturated rings. The quantitative estimate of drug-likeness (QED) is 0.589. The van der Waals surface area contributed by atoms with E-state index in [-0.39, 0.29) is 5.91 Å². The topological polar surface area (TPSA) is 81.9 Å². The number of ether oxygens (including phenoxy) is 1. The third-order valence-electron chi connectivity index (χ3n) is 3.71. The van der Waals surface area contributed by atoms with Crippen LogP contribution in [0.5, 0.6) is 11.5 Å². The minimum atomic E-state index is -0.308. The van der Waals surface area contributed by atoms with Crippen molar-refractivity contribution < 1.29 is 9.53 Å². The monoisotopic (exact) mass is 357 g/mol. The predicted octanol–water partition coefficient (Wildman–Crippen LogP) is 3.71.